The number of ether oxygens (including phenoxy) is 1. The third-order valence-electron chi connectivity index (χ3n) is 4.66. The molecule has 2 aromatic rings. The molecule has 12 heteroatoms. The first kappa shape index (κ1) is 22.4. The van der Waals surface area contributed by atoms with Crippen LogP contribution in [-0.4, -0.2) is 30.0 Å². The van der Waals surface area contributed by atoms with Crippen LogP contribution in [0.1, 0.15) is 35.3 Å². The molecule has 30 heavy (non-hydrogen) atoms. The molecule has 0 radical (unpaired) electrons. The van der Waals surface area contributed by atoms with Crippen LogP contribution in [0.5, 0.6) is 5.75 Å². The van der Waals surface area contributed by atoms with Crippen LogP contribution in [0.15, 0.2) is 18.2 Å². The van der Waals surface area contributed by atoms with Gasteiger partial charge in [-0.3, -0.25) is 4.79 Å². The van der Waals surface area contributed by atoms with Crippen LogP contribution in [0.2, 0.25) is 5.02 Å². The zero-order chi connectivity index (χ0) is 22.3. The van der Waals surface area contributed by atoms with Crippen molar-refractivity contribution in [2.24, 2.45) is 5.92 Å². The first-order valence-electron chi connectivity index (χ1n) is 8.68. The summed E-state index contributed by atoms with van der Waals surface area (Å²) in [6.07, 6.45) is -5.50. The van der Waals surface area contributed by atoms with Gasteiger partial charge in [-0.15, -0.1) is 0 Å². The first-order valence-corrected chi connectivity index (χ1v) is 9.06. The van der Waals surface area contributed by atoms with E-state index in [9.17, 15) is 35.5 Å². The summed E-state index contributed by atoms with van der Waals surface area (Å²) < 4.78 is 95.6. The maximum atomic E-state index is 13.4. The number of hydrogen-bond acceptors (Lipinski definition) is 3. The Bertz CT molecular complexity index is 966. The van der Waals surface area contributed by atoms with Crippen molar-refractivity contribution < 1.29 is 40.3 Å². The van der Waals surface area contributed by atoms with Crippen molar-refractivity contribution in [3.05, 3.63) is 34.5 Å². The van der Waals surface area contributed by atoms with Gasteiger partial charge in [0, 0.05) is 24.8 Å². The summed E-state index contributed by atoms with van der Waals surface area (Å²) in [6.45, 7) is -3.46. The highest BCUT2D eigenvalue weighted by molar-refractivity contribution is 6.35. The van der Waals surface area contributed by atoms with Gasteiger partial charge in [0.1, 0.15) is 11.4 Å². The minimum Gasteiger partial charge on any atom is -0.435 e. The number of hydrogen-bond donors (Lipinski definition) is 1. The SMILES string of the molecule is O=C(NC[C@@H]1CCC(F)(F)C1)c1cc(Cl)c2cc(OC(F)F)cc(C(F)(F)F)c2n1. The van der Waals surface area contributed by atoms with Crippen LogP contribution in [0.4, 0.5) is 30.7 Å². The highest BCUT2D eigenvalue weighted by Gasteiger charge is 2.39. The molecule has 1 saturated carbocycles. The van der Waals surface area contributed by atoms with Gasteiger partial charge in [-0.25, -0.2) is 13.8 Å². The third-order valence-corrected chi connectivity index (χ3v) is 4.97. The molecule has 1 aromatic carbocycles. The molecule has 1 aromatic heterocycles. The standard InChI is InChI=1S/C18H14ClF7N2O2/c19-12-5-13(15(29)27-7-8-1-2-17(22,23)6-8)28-14-10(12)3-9(30-16(20)21)4-11(14)18(24,25)26/h3-5,8,16H,1-2,6-7H2,(H,27,29)/t8-/m1/s1. The number of carbonyl (C=O) groups is 1. The summed E-state index contributed by atoms with van der Waals surface area (Å²) in [5.41, 5.74) is -2.61. The molecule has 1 atom stereocenters. The van der Waals surface area contributed by atoms with Crippen molar-refractivity contribution in [3.8, 4) is 5.75 Å². The number of pyridine rings is 1. The van der Waals surface area contributed by atoms with E-state index in [-0.39, 0.29) is 29.8 Å². The molecule has 3 rings (SSSR count). The van der Waals surface area contributed by atoms with Crippen LogP contribution in [0.25, 0.3) is 10.9 Å². The van der Waals surface area contributed by atoms with Crippen LogP contribution >= 0.6 is 11.6 Å². The van der Waals surface area contributed by atoms with Gasteiger partial charge in [0.05, 0.1) is 16.1 Å². The van der Waals surface area contributed by atoms with E-state index in [1.165, 1.54) is 0 Å². The lowest BCUT2D eigenvalue weighted by atomic mass is 10.1. The van der Waals surface area contributed by atoms with Crippen molar-refractivity contribution in [3.63, 3.8) is 0 Å². The minimum absolute atomic E-state index is 0.0982. The Morgan fingerprint density at radius 3 is 2.57 bits per heavy atom. The van der Waals surface area contributed by atoms with Crippen LogP contribution in [-0.2, 0) is 6.18 Å². The quantitative estimate of drug-likeness (QED) is 0.587. The number of fused-ring (bicyclic) bond motifs is 1. The number of amides is 1. The molecule has 1 aliphatic rings. The van der Waals surface area contributed by atoms with E-state index in [2.05, 4.69) is 15.0 Å². The molecule has 164 valence electrons. The summed E-state index contributed by atoms with van der Waals surface area (Å²) in [6, 6.07) is 2.16. The molecule has 1 fully saturated rings. The van der Waals surface area contributed by atoms with E-state index >= 15 is 0 Å². The van der Waals surface area contributed by atoms with Crippen LogP contribution in [0.3, 0.4) is 0 Å². The summed E-state index contributed by atoms with van der Waals surface area (Å²) >= 11 is 5.97. The fraction of sp³-hybridized carbons (Fsp3) is 0.444. The van der Waals surface area contributed by atoms with Gasteiger partial charge in [0.15, 0.2) is 0 Å². The van der Waals surface area contributed by atoms with Gasteiger partial charge in [0.2, 0.25) is 5.92 Å². The van der Waals surface area contributed by atoms with Crippen LogP contribution < -0.4 is 10.1 Å². The predicted molar refractivity (Wildman–Crippen MR) is 93.0 cm³/mol. The number of benzene rings is 1. The molecule has 1 amide bonds. The van der Waals surface area contributed by atoms with Gasteiger partial charge in [-0.2, -0.15) is 22.0 Å². The molecule has 0 saturated heterocycles. The number of rotatable bonds is 5. The second-order valence-electron chi connectivity index (χ2n) is 6.91. The molecule has 0 bridgehead atoms. The second kappa shape index (κ2) is 8.09. The lowest BCUT2D eigenvalue weighted by Crippen LogP contribution is -2.29. The smallest absolute Gasteiger partial charge is 0.418 e. The topological polar surface area (TPSA) is 51.2 Å². The van der Waals surface area contributed by atoms with Crippen LogP contribution in [0, 0.1) is 5.92 Å². The maximum Gasteiger partial charge on any atom is 0.418 e. The van der Waals surface area contributed by atoms with Gasteiger partial charge in [-0.1, -0.05) is 11.6 Å². The minimum atomic E-state index is -5.00. The fourth-order valence-electron chi connectivity index (χ4n) is 3.31. The Kier molecular flexibility index (Phi) is 6.03. The fourth-order valence-corrected chi connectivity index (χ4v) is 3.56. The van der Waals surface area contributed by atoms with Crippen molar-refractivity contribution in [2.45, 2.75) is 38.0 Å². The molecule has 0 unspecified atom stereocenters. The average molecular weight is 459 g/mol. The third kappa shape index (κ3) is 5.05. The number of carbonyl (C=O) groups excluding carboxylic acids is 1. The molecule has 4 nitrogen and oxygen atoms in total. The summed E-state index contributed by atoms with van der Waals surface area (Å²) in [5, 5.41) is 1.68. The Labute approximate surface area is 170 Å². The number of halogens is 8. The zero-order valence-electron chi connectivity index (χ0n) is 15.0. The van der Waals surface area contributed by atoms with Gasteiger partial charge >= 0.3 is 12.8 Å². The number of alkyl halides is 7. The first-order chi connectivity index (χ1) is 13.9. The second-order valence-corrected chi connectivity index (χ2v) is 7.31. The number of nitrogens with one attached hydrogen (secondary N) is 1. The lowest BCUT2D eigenvalue weighted by molar-refractivity contribution is -0.136. The summed E-state index contributed by atoms with van der Waals surface area (Å²) in [4.78, 5) is 16.0. The van der Waals surface area contributed by atoms with E-state index in [1.54, 1.807) is 0 Å². The van der Waals surface area contributed by atoms with E-state index in [0.717, 1.165) is 12.1 Å². The average Bonchev–Trinajstić information content (AvgIpc) is 2.97. The van der Waals surface area contributed by atoms with Crippen molar-refractivity contribution in [2.75, 3.05) is 6.54 Å². The van der Waals surface area contributed by atoms with Crippen molar-refractivity contribution in [1.82, 2.24) is 10.3 Å². The normalized spacial score (nSPS) is 18.8. The zero-order valence-corrected chi connectivity index (χ0v) is 15.8. The number of aromatic nitrogens is 1. The Morgan fingerprint density at radius 2 is 2.00 bits per heavy atom. The Balaban J connectivity index is 1.92. The lowest BCUT2D eigenvalue weighted by Gasteiger charge is -2.15. The monoisotopic (exact) mass is 458 g/mol. The van der Waals surface area contributed by atoms with Gasteiger partial charge in [-0.05, 0) is 30.5 Å². The largest absolute Gasteiger partial charge is 0.435 e. The molecular formula is C18H14ClF7N2O2. The highest BCUT2D eigenvalue weighted by atomic mass is 35.5. The maximum absolute atomic E-state index is 13.4. The van der Waals surface area contributed by atoms with Crippen molar-refractivity contribution >= 4 is 28.4 Å². The highest BCUT2D eigenvalue weighted by Crippen LogP contribution is 2.40. The summed E-state index contributed by atoms with van der Waals surface area (Å²) in [7, 11) is 0. The molecule has 0 aliphatic heterocycles. The van der Waals surface area contributed by atoms with E-state index < -0.39 is 59.5 Å². The van der Waals surface area contributed by atoms with E-state index in [4.69, 9.17) is 11.6 Å². The number of nitrogens with zero attached hydrogens (tertiary/aromatic N) is 1. The van der Waals surface area contributed by atoms with Crippen molar-refractivity contribution in [1.29, 1.82) is 0 Å². The Morgan fingerprint density at radius 1 is 1.30 bits per heavy atom. The molecule has 1 N–H and O–H groups in total. The molecule has 1 aliphatic carbocycles. The predicted octanol–water partition coefficient (Wildman–Crippen LogP) is 5.67. The molecule has 1 heterocycles. The van der Waals surface area contributed by atoms with E-state index in [0.29, 0.717) is 6.07 Å². The molecule has 0 spiro atoms. The van der Waals surface area contributed by atoms with E-state index in [1.807, 2.05) is 0 Å². The Hall–Kier alpha value is -2.30. The summed E-state index contributed by atoms with van der Waals surface area (Å²) in [5.74, 6) is -4.94. The van der Waals surface area contributed by atoms with Gasteiger partial charge in [0.25, 0.3) is 5.91 Å². The molecular weight excluding hydrogens is 445 g/mol. The van der Waals surface area contributed by atoms with Gasteiger partial charge < -0.3 is 10.1 Å².